The number of hydrogen-bond acceptors (Lipinski definition) is 3. The Hall–Kier alpha value is -1.82. The molecule has 1 aromatic rings. The van der Waals surface area contributed by atoms with Crippen LogP contribution in [0.1, 0.15) is 36.0 Å². The number of benzene rings is 1. The second kappa shape index (κ2) is 6.09. The van der Waals surface area contributed by atoms with Crippen molar-refractivity contribution in [1.29, 1.82) is 0 Å². The van der Waals surface area contributed by atoms with Crippen LogP contribution in [0.4, 0.5) is 14.5 Å². The first-order valence-electron chi connectivity index (χ1n) is 6.52. The fourth-order valence-electron chi connectivity index (χ4n) is 2.30. The molecule has 108 valence electrons. The van der Waals surface area contributed by atoms with Gasteiger partial charge in [0.25, 0.3) is 11.7 Å². The highest BCUT2D eigenvalue weighted by atomic mass is 19.1. The quantitative estimate of drug-likeness (QED) is 0.642. The highest BCUT2D eigenvalue weighted by Crippen LogP contribution is 2.32. The molecule has 2 rings (SSSR count). The minimum absolute atomic E-state index is 0.109. The highest BCUT2D eigenvalue weighted by molar-refractivity contribution is 6.52. The van der Waals surface area contributed by atoms with Crippen LogP contribution in [0.3, 0.4) is 0 Å². The maximum Gasteiger partial charge on any atom is 0.299 e. The number of carbonyl (C=O) groups excluding carboxylic acids is 2. The summed E-state index contributed by atoms with van der Waals surface area (Å²) in [6.07, 6.45) is 2.82. The first-order chi connectivity index (χ1) is 9.56. The Morgan fingerprint density at radius 1 is 1.05 bits per heavy atom. The number of halogens is 2. The van der Waals surface area contributed by atoms with Gasteiger partial charge in [-0.25, -0.2) is 8.78 Å². The summed E-state index contributed by atoms with van der Waals surface area (Å²) in [7, 11) is 0. The highest BCUT2D eigenvalue weighted by Gasteiger charge is 2.38. The van der Waals surface area contributed by atoms with E-state index in [0.29, 0.717) is 18.9 Å². The van der Waals surface area contributed by atoms with Gasteiger partial charge >= 0.3 is 0 Å². The number of fused-ring (bicyclic) bond motifs is 1. The predicted molar refractivity (Wildman–Crippen MR) is 68.6 cm³/mol. The van der Waals surface area contributed by atoms with Crippen LogP contribution in [-0.2, 0) is 4.79 Å². The molecular weight excluding hydrogens is 268 g/mol. The molecule has 0 aliphatic carbocycles. The van der Waals surface area contributed by atoms with E-state index in [4.69, 9.17) is 5.11 Å². The Morgan fingerprint density at radius 3 is 2.45 bits per heavy atom. The third-order valence-electron chi connectivity index (χ3n) is 3.27. The first kappa shape index (κ1) is 14.6. The molecule has 0 atom stereocenters. The van der Waals surface area contributed by atoms with Crippen LogP contribution in [0.5, 0.6) is 0 Å². The van der Waals surface area contributed by atoms with Gasteiger partial charge in [-0.2, -0.15) is 0 Å². The van der Waals surface area contributed by atoms with Gasteiger partial charge in [0, 0.05) is 19.2 Å². The molecule has 1 amide bonds. The molecule has 0 bridgehead atoms. The van der Waals surface area contributed by atoms with E-state index in [2.05, 4.69) is 0 Å². The fourth-order valence-corrected chi connectivity index (χ4v) is 2.30. The Labute approximate surface area is 115 Å². The molecule has 0 saturated carbocycles. The smallest absolute Gasteiger partial charge is 0.299 e. The van der Waals surface area contributed by atoms with Crippen LogP contribution in [0.2, 0.25) is 0 Å². The van der Waals surface area contributed by atoms with E-state index >= 15 is 0 Å². The van der Waals surface area contributed by atoms with Crippen LogP contribution < -0.4 is 4.90 Å². The monoisotopic (exact) mass is 283 g/mol. The fraction of sp³-hybridized carbons (Fsp3) is 0.429. The van der Waals surface area contributed by atoms with Gasteiger partial charge in [0.2, 0.25) is 0 Å². The third kappa shape index (κ3) is 2.70. The number of aliphatic hydroxyl groups excluding tert-OH is 1. The van der Waals surface area contributed by atoms with Crippen molar-refractivity contribution < 1.29 is 23.5 Å². The van der Waals surface area contributed by atoms with Crippen LogP contribution in [-0.4, -0.2) is 29.9 Å². The minimum atomic E-state index is -0.894. The van der Waals surface area contributed by atoms with Crippen molar-refractivity contribution in [1.82, 2.24) is 0 Å². The minimum Gasteiger partial charge on any atom is -0.396 e. The summed E-state index contributed by atoms with van der Waals surface area (Å²) in [4.78, 5) is 24.6. The number of amides is 1. The van der Waals surface area contributed by atoms with Crippen molar-refractivity contribution in [3.05, 3.63) is 29.3 Å². The molecular formula is C14H15F2NO3. The number of hydrogen-bond donors (Lipinski definition) is 1. The summed E-state index contributed by atoms with van der Waals surface area (Å²) >= 11 is 0. The molecule has 0 radical (unpaired) electrons. The van der Waals surface area contributed by atoms with E-state index in [1.54, 1.807) is 0 Å². The van der Waals surface area contributed by atoms with Crippen LogP contribution in [0.15, 0.2) is 12.1 Å². The van der Waals surface area contributed by atoms with Gasteiger partial charge in [0.05, 0.1) is 11.3 Å². The molecule has 0 saturated heterocycles. The van der Waals surface area contributed by atoms with E-state index in [1.807, 2.05) is 0 Å². The number of carbonyl (C=O) groups is 2. The van der Waals surface area contributed by atoms with Gasteiger partial charge in [0.1, 0.15) is 5.82 Å². The van der Waals surface area contributed by atoms with Gasteiger partial charge in [-0.05, 0) is 18.9 Å². The lowest BCUT2D eigenvalue weighted by molar-refractivity contribution is -0.114. The summed E-state index contributed by atoms with van der Waals surface area (Å²) in [5.41, 5.74) is -0.327. The lowest BCUT2D eigenvalue weighted by Gasteiger charge is -2.16. The molecule has 0 fully saturated rings. The van der Waals surface area contributed by atoms with E-state index in [1.165, 1.54) is 0 Å². The summed E-state index contributed by atoms with van der Waals surface area (Å²) in [6.45, 7) is 0.323. The van der Waals surface area contributed by atoms with Crippen LogP contribution >= 0.6 is 0 Å². The average Bonchev–Trinajstić information content (AvgIpc) is 2.64. The predicted octanol–water partition coefficient (Wildman–Crippen LogP) is 2.05. The molecule has 0 unspecified atom stereocenters. The average molecular weight is 283 g/mol. The molecule has 6 heteroatoms. The lowest BCUT2D eigenvalue weighted by Crippen LogP contribution is -2.31. The zero-order valence-corrected chi connectivity index (χ0v) is 10.9. The Bertz CT molecular complexity index is 545. The summed E-state index contributed by atoms with van der Waals surface area (Å²) in [5, 5.41) is 8.65. The maximum absolute atomic E-state index is 13.8. The molecule has 4 nitrogen and oxygen atoms in total. The number of anilines is 1. The van der Waals surface area contributed by atoms with E-state index in [9.17, 15) is 18.4 Å². The van der Waals surface area contributed by atoms with Crippen molar-refractivity contribution in [3.63, 3.8) is 0 Å². The molecule has 1 aliphatic heterocycles. The number of rotatable bonds is 6. The topological polar surface area (TPSA) is 57.6 Å². The second-order valence-electron chi connectivity index (χ2n) is 4.71. The molecule has 20 heavy (non-hydrogen) atoms. The van der Waals surface area contributed by atoms with Gasteiger partial charge in [-0.15, -0.1) is 0 Å². The van der Waals surface area contributed by atoms with E-state index < -0.39 is 23.3 Å². The van der Waals surface area contributed by atoms with Crippen molar-refractivity contribution in [2.45, 2.75) is 25.7 Å². The summed E-state index contributed by atoms with van der Waals surface area (Å²) < 4.78 is 26.9. The Balaban J connectivity index is 2.12. The van der Waals surface area contributed by atoms with Crippen molar-refractivity contribution in [3.8, 4) is 0 Å². The van der Waals surface area contributed by atoms with Gasteiger partial charge in [-0.3, -0.25) is 9.59 Å². The van der Waals surface area contributed by atoms with Crippen molar-refractivity contribution in [2.75, 3.05) is 18.1 Å². The van der Waals surface area contributed by atoms with Crippen molar-refractivity contribution >= 4 is 17.4 Å². The molecule has 1 aliphatic rings. The molecule has 1 N–H and O–H groups in total. The summed E-state index contributed by atoms with van der Waals surface area (Å²) in [6, 6.07) is 1.56. The normalized spacial score (nSPS) is 14.1. The number of Topliss-reactive ketones (excluding diaryl/α,β-unsaturated/α-hetero) is 1. The largest absolute Gasteiger partial charge is 0.396 e. The van der Waals surface area contributed by atoms with Crippen LogP contribution in [0.25, 0.3) is 0 Å². The van der Waals surface area contributed by atoms with Gasteiger partial charge < -0.3 is 10.0 Å². The number of unbranched alkanes of at least 4 members (excludes halogenated alkanes) is 3. The van der Waals surface area contributed by atoms with Gasteiger partial charge in [-0.1, -0.05) is 12.8 Å². The number of ketones is 1. The molecule has 0 aromatic heterocycles. The molecule has 1 aromatic carbocycles. The zero-order chi connectivity index (χ0) is 14.7. The number of nitrogens with zero attached hydrogens (tertiary/aromatic N) is 1. The first-order valence-corrected chi connectivity index (χ1v) is 6.52. The van der Waals surface area contributed by atoms with E-state index in [0.717, 1.165) is 23.8 Å². The Morgan fingerprint density at radius 2 is 1.75 bits per heavy atom. The van der Waals surface area contributed by atoms with Crippen LogP contribution in [0, 0.1) is 11.6 Å². The molecule has 0 spiro atoms. The summed E-state index contributed by atoms with van der Waals surface area (Å²) in [5.74, 6) is -3.44. The SMILES string of the molecule is O=C1C(=O)N(CCCCCCO)c2c(F)cc(F)cc21. The van der Waals surface area contributed by atoms with Gasteiger partial charge in [0.15, 0.2) is 5.82 Å². The zero-order valence-electron chi connectivity index (χ0n) is 10.9. The third-order valence-corrected chi connectivity index (χ3v) is 3.27. The lowest BCUT2D eigenvalue weighted by atomic mass is 10.1. The standard InChI is InChI=1S/C14H15F2NO3/c15-9-7-10-12(11(16)8-9)17(14(20)13(10)19)5-3-1-2-4-6-18/h7-8,18H,1-6H2. The Kier molecular flexibility index (Phi) is 4.44. The number of aliphatic hydroxyl groups is 1. The van der Waals surface area contributed by atoms with E-state index in [-0.39, 0.29) is 24.4 Å². The van der Waals surface area contributed by atoms with Crippen molar-refractivity contribution in [2.24, 2.45) is 0 Å². The molecule has 1 heterocycles. The second-order valence-corrected chi connectivity index (χ2v) is 4.71. The maximum atomic E-state index is 13.8.